The maximum Gasteiger partial charge on any atom is 0.255 e. The van der Waals surface area contributed by atoms with Gasteiger partial charge >= 0.3 is 0 Å². The first kappa shape index (κ1) is 20.1. The van der Waals surface area contributed by atoms with Gasteiger partial charge in [-0.2, -0.15) is 0 Å². The molecule has 2 aromatic carbocycles. The van der Waals surface area contributed by atoms with Gasteiger partial charge in [0.25, 0.3) is 5.91 Å². The maximum absolute atomic E-state index is 13.4. The van der Waals surface area contributed by atoms with Crippen molar-refractivity contribution in [3.05, 3.63) is 69.9 Å². The van der Waals surface area contributed by atoms with Gasteiger partial charge < -0.3 is 10.2 Å². The van der Waals surface area contributed by atoms with Crippen LogP contribution in [0, 0.1) is 20.8 Å². The van der Waals surface area contributed by atoms with Crippen molar-refractivity contribution in [1.82, 2.24) is 9.88 Å². The van der Waals surface area contributed by atoms with Crippen LogP contribution < -0.4 is 5.32 Å². The number of pyridine rings is 1. The molecule has 0 aliphatic heterocycles. The van der Waals surface area contributed by atoms with Gasteiger partial charge in [0.1, 0.15) is 0 Å². The number of benzene rings is 2. The van der Waals surface area contributed by atoms with E-state index in [2.05, 4.69) is 5.32 Å². The first-order chi connectivity index (χ1) is 14.3. The smallest absolute Gasteiger partial charge is 0.255 e. The van der Waals surface area contributed by atoms with E-state index in [0.717, 1.165) is 63.8 Å². The summed E-state index contributed by atoms with van der Waals surface area (Å²) in [5.74, 6) is -0.324. The zero-order valence-corrected chi connectivity index (χ0v) is 18.0. The van der Waals surface area contributed by atoms with Gasteiger partial charge in [-0.05, 0) is 62.8 Å². The largest absolute Gasteiger partial charge is 0.332 e. The molecule has 1 aliphatic rings. The lowest BCUT2D eigenvalue weighted by Crippen LogP contribution is -2.35. The van der Waals surface area contributed by atoms with Crippen molar-refractivity contribution in [2.75, 3.05) is 18.9 Å². The highest BCUT2D eigenvalue weighted by Crippen LogP contribution is 2.30. The summed E-state index contributed by atoms with van der Waals surface area (Å²) in [7, 11) is 1.69. The van der Waals surface area contributed by atoms with Crippen LogP contribution in [0.25, 0.3) is 10.9 Å². The third-order valence-corrected chi connectivity index (χ3v) is 5.80. The van der Waals surface area contributed by atoms with Gasteiger partial charge in [0.05, 0.1) is 17.6 Å². The number of anilines is 1. The topological polar surface area (TPSA) is 62.3 Å². The molecule has 0 saturated heterocycles. The van der Waals surface area contributed by atoms with E-state index in [1.807, 2.05) is 57.2 Å². The van der Waals surface area contributed by atoms with E-state index < -0.39 is 0 Å². The molecule has 0 radical (unpaired) electrons. The van der Waals surface area contributed by atoms with E-state index in [1.165, 1.54) is 4.90 Å². The molecule has 5 heteroatoms. The second-order valence-corrected chi connectivity index (χ2v) is 8.27. The van der Waals surface area contributed by atoms with Gasteiger partial charge in [0.2, 0.25) is 5.91 Å². The Morgan fingerprint density at radius 3 is 2.50 bits per heavy atom. The lowest BCUT2D eigenvalue weighted by atomic mass is 10.00. The van der Waals surface area contributed by atoms with Crippen LogP contribution in [0.2, 0.25) is 0 Å². The molecule has 3 aromatic rings. The molecule has 30 heavy (non-hydrogen) atoms. The number of hydrogen-bond donors (Lipinski definition) is 1. The molecule has 1 aliphatic carbocycles. The summed E-state index contributed by atoms with van der Waals surface area (Å²) in [6, 6.07) is 11.8. The number of fused-ring (bicyclic) bond motifs is 2. The molecular formula is C25H27N3O2. The summed E-state index contributed by atoms with van der Waals surface area (Å²) < 4.78 is 0. The van der Waals surface area contributed by atoms with E-state index in [1.54, 1.807) is 7.05 Å². The van der Waals surface area contributed by atoms with E-state index >= 15 is 0 Å². The SMILES string of the molecule is Cc1cc(C)c(NC(=O)CN(C)C(=O)c2c3c(nc4ccccc24)CCC3)c(C)c1. The monoisotopic (exact) mass is 401 g/mol. The van der Waals surface area contributed by atoms with Crippen molar-refractivity contribution < 1.29 is 9.59 Å². The third kappa shape index (κ3) is 3.67. The quantitative estimate of drug-likeness (QED) is 0.707. The third-order valence-electron chi connectivity index (χ3n) is 5.80. The fourth-order valence-electron chi connectivity index (χ4n) is 4.49. The summed E-state index contributed by atoms with van der Waals surface area (Å²) in [5.41, 5.74) is 7.62. The summed E-state index contributed by atoms with van der Waals surface area (Å²) >= 11 is 0. The lowest BCUT2D eigenvalue weighted by molar-refractivity contribution is -0.116. The molecule has 154 valence electrons. The van der Waals surface area contributed by atoms with E-state index in [9.17, 15) is 9.59 Å². The van der Waals surface area contributed by atoms with Crippen molar-refractivity contribution in [2.45, 2.75) is 40.0 Å². The van der Waals surface area contributed by atoms with Crippen LogP contribution >= 0.6 is 0 Å². The van der Waals surface area contributed by atoms with Gasteiger partial charge in [-0.25, -0.2) is 0 Å². The molecule has 0 bridgehead atoms. The first-order valence-corrected chi connectivity index (χ1v) is 10.4. The minimum Gasteiger partial charge on any atom is -0.332 e. The Labute approximate surface area is 177 Å². The van der Waals surface area contributed by atoms with Gasteiger partial charge in [-0.15, -0.1) is 0 Å². The van der Waals surface area contributed by atoms with Gasteiger partial charge in [-0.1, -0.05) is 35.9 Å². The number of carbonyl (C=O) groups is 2. The minimum absolute atomic E-state index is 0.00296. The summed E-state index contributed by atoms with van der Waals surface area (Å²) in [5, 5.41) is 3.85. The molecule has 1 N–H and O–H groups in total. The molecule has 0 saturated carbocycles. The molecule has 0 unspecified atom stereocenters. The van der Waals surface area contributed by atoms with Crippen molar-refractivity contribution in [2.24, 2.45) is 0 Å². The number of aryl methyl sites for hydroxylation is 4. The van der Waals surface area contributed by atoms with Crippen LogP contribution in [-0.4, -0.2) is 35.3 Å². The predicted octanol–water partition coefficient (Wildman–Crippen LogP) is 4.36. The number of nitrogens with zero attached hydrogens (tertiary/aromatic N) is 2. The van der Waals surface area contributed by atoms with Crippen molar-refractivity contribution in [1.29, 1.82) is 0 Å². The predicted molar refractivity (Wildman–Crippen MR) is 120 cm³/mol. The average Bonchev–Trinajstić information content (AvgIpc) is 3.16. The maximum atomic E-state index is 13.4. The fourth-order valence-corrected chi connectivity index (χ4v) is 4.49. The van der Waals surface area contributed by atoms with E-state index in [0.29, 0.717) is 5.56 Å². The van der Waals surface area contributed by atoms with Crippen molar-refractivity contribution in [3.63, 3.8) is 0 Å². The fraction of sp³-hybridized carbons (Fsp3) is 0.320. The average molecular weight is 402 g/mol. The Morgan fingerprint density at radius 2 is 1.77 bits per heavy atom. The molecule has 1 heterocycles. The molecule has 5 nitrogen and oxygen atoms in total. The van der Waals surface area contributed by atoms with Crippen LogP contribution in [0.5, 0.6) is 0 Å². The minimum atomic E-state index is -0.198. The summed E-state index contributed by atoms with van der Waals surface area (Å²) in [4.78, 5) is 32.4. The molecule has 0 fully saturated rings. The molecule has 0 atom stereocenters. The van der Waals surface area contributed by atoms with Crippen LogP contribution in [0.4, 0.5) is 5.69 Å². The van der Waals surface area contributed by atoms with Crippen LogP contribution in [-0.2, 0) is 17.6 Å². The van der Waals surface area contributed by atoms with Gasteiger partial charge in [0, 0.05) is 23.8 Å². The number of amides is 2. The molecular weight excluding hydrogens is 374 g/mol. The Kier molecular flexibility index (Phi) is 5.29. The highest BCUT2D eigenvalue weighted by molar-refractivity contribution is 6.09. The number of nitrogens with one attached hydrogen (secondary N) is 1. The van der Waals surface area contributed by atoms with Gasteiger partial charge in [-0.3, -0.25) is 14.6 Å². The highest BCUT2D eigenvalue weighted by Gasteiger charge is 2.26. The summed E-state index contributed by atoms with van der Waals surface area (Å²) in [6.07, 6.45) is 2.77. The standard InChI is InChI=1S/C25H27N3O2/c1-15-12-16(2)24(17(3)13-15)27-22(29)14-28(4)25(30)23-18-8-5-6-10-20(18)26-21-11-7-9-19(21)23/h5-6,8,10,12-13H,7,9,11,14H2,1-4H3,(H,27,29). The van der Waals surface area contributed by atoms with Crippen molar-refractivity contribution >= 4 is 28.4 Å². The Hall–Kier alpha value is -3.21. The van der Waals surface area contributed by atoms with Crippen LogP contribution in [0.1, 0.15) is 44.7 Å². The second kappa shape index (κ2) is 7.90. The van der Waals surface area contributed by atoms with Crippen molar-refractivity contribution in [3.8, 4) is 0 Å². The number of aromatic nitrogens is 1. The number of likely N-dealkylation sites (N-methyl/N-ethyl adjacent to an activating group) is 1. The number of rotatable bonds is 4. The Bertz CT molecular complexity index is 1140. The Balaban J connectivity index is 1.59. The number of para-hydroxylation sites is 1. The molecule has 4 rings (SSSR count). The van der Waals surface area contributed by atoms with E-state index in [-0.39, 0.29) is 18.4 Å². The van der Waals surface area contributed by atoms with Crippen LogP contribution in [0.15, 0.2) is 36.4 Å². The molecule has 2 amide bonds. The zero-order valence-electron chi connectivity index (χ0n) is 18.0. The number of hydrogen-bond acceptors (Lipinski definition) is 3. The summed E-state index contributed by atoms with van der Waals surface area (Å²) in [6.45, 7) is 6.00. The zero-order chi connectivity index (χ0) is 21.4. The molecule has 1 aromatic heterocycles. The second-order valence-electron chi connectivity index (χ2n) is 8.27. The number of carbonyl (C=O) groups excluding carboxylic acids is 2. The van der Waals surface area contributed by atoms with E-state index in [4.69, 9.17) is 4.98 Å². The normalized spacial score (nSPS) is 12.7. The lowest BCUT2D eigenvalue weighted by Gasteiger charge is -2.21. The first-order valence-electron chi connectivity index (χ1n) is 10.4. The van der Waals surface area contributed by atoms with Crippen LogP contribution in [0.3, 0.4) is 0 Å². The Morgan fingerprint density at radius 1 is 1.07 bits per heavy atom. The highest BCUT2D eigenvalue weighted by atomic mass is 16.2. The molecule has 0 spiro atoms. The van der Waals surface area contributed by atoms with Gasteiger partial charge in [0.15, 0.2) is 0 Å².